The molecule has 0 saturated heterocycles. The molecule has 8 heteroatoms. The van der Waals surface area contributed by atoms with Crippen LogP contribution in [0.25, 0.3) is 6.08 Å². The van der Waals surface area contributed by atoms with E-state index in [4.69, 9.17) is 44.3 Å². The van der Waals surface area contributed by atoms with Crippen LogP contribution in [0.1, 0.15) is 16.7 Å². The van der Waals surface area contributed by atoms with Crippen LogP contribution in [-0.4, -0.2) is 5.91 Å². The van der Waals surface area contributed by atoms with Gasteiger partial charge < -0.3 is 14.8 Å². The number of benzene rings is 4. The highest BCUT2D eigenvalue weighted by Gasteiger charge is 2.12. The van der Waals surface area contributed by atoms with Crippen molar-refractivity contribution in [3.05, 3.63) is 128 Å². The summed E-state index contributed by atoms with van der Waals surface area (Å²) in [6.07, 6.45) is 1.50. The minimum Gasteiger partial charge on any atom is -0.489 e. The van der Waals surface area contributed by atoms with Gasteiger partial charge in [0.25, 0.3) is 5.91 Å². The average Bonchev–Trinajstić information content (AvgIpc) is 2.91. The largest absolute Gasteiger partial charge is 0.489 e. The number of amides is 1. The number of nitrogens with one attached hydrogen (secondary N) is 1. The van der Waals surface area contributed by atoms with Crippen LogP contribution >= 0.6 is 34.8 Å². The summed E-state index contributed by atoms with van der Waals surface area (Å²) in [7, 11) is 0. The normalized spacial score (nSPS) is 10.9. The fourth-order valence-electron chi connectivity index (χ4n) is 3.46. The van der Waals surface area contributed by atoms with Crippen LogP contribution in [0.3, 0.4) is 0 Å². The molecule has 38 heavy (non-hydrogen) atoms. The number of hydrogen-bond acceptors (Lipinski definition) is 4. The number of halogens is 3. The van der Waals surface area contributed by atoms with Gasteiger partial charge in [0.05, 0.1) is 0 Å². The SMILES string of the molecule is N#C/C(=C\c1ccccc1OCc1cccc(Cl)c1)C(=O)Nc1ccc(OCc2ccc(Cl)cc2Cl)cc1. The number of nitriles is 1. The van der Waals surface area contributed by atoms with E-state index in [9.17, 15) is 10.1 Å². The Morgan fingerprint density at radius 1 is 0.842 bits per heavy atom. The van der Waals surface area contributed by atoms with Gasteiger partial charge in [0.15, 0.2) is 0 Å². The Morgan fingerprint density at radius 2 is 1.61 bits per heavy atom. The molecule has 1 N–H and O–H groups in total. The second-order valence-corrected chi connectivity index (χ2v) is 9.41. The molecule has 4 rings (SSSR count). The number of carbonyl (C=O) groups is 1. The molecule has 0 heterocycles. The van der Waals surface area contributed by atoms with E-state index in [1.807, 2.05) is 30.3 Å². The summed E-state index contributed by atoms with van der Waals surface area (Å²) in [5, 5.41) is 14.1. The lowest BCUT2D eigenvalue weighted by Gasteiger charge is -2.11. The highest BCUT2D eigenvalue weighted by Crippen LogP contribution is 2.25. The second-order valence-electron chi connectivity index (χ2n) is 8.13. The van der Waals surface area contributed by atoms with Crippen molar-refractivity contribution in [1.29, 1.82) is 5.26 Å². The number of rotatable bonds is 9. The molecule has 0 atom stereocenters. The Morgan fingerprint density at radius 3 is 2.34 bits per heavy atom. The lowest BCUT2D eigenvalue weighted by Crippen LogP contribution is -2.13. The standard InChI is InChI=1S/C30H21Cl3N2O3/c31-24-6-3-4-20(14-24)18-38-29-7-2-1-5-21(29)15-23(17-34)30(36)35-26-10-12-27(13-11-26)37-19-22-8-9-25(32)16-28(22)33/h1-16H,18-19H2,(H,35,36)/b23-15+. The zero-order chi connectivity index (χ0) is 26.9. The maximum atomic E-state index is 12.8. The van der Waals surface area contributed by atoms with Crippen molar-refractivity contribution < 1.29 is 14.3 Å². The first-order valence-corrected chi connectivity index (χ1v) is 12.6. The van der Waals surface area contributed by atoms with E-state index in [1.165, 1.54) is 6.08 Å². The van der Waals surface area contributed by atoms with E-state index in [-0.39, 0.29) is 18.8 Å². The van der Waals surface area contributed by atoms with Crippen molar-refractivity contribution >= 4 is 52.5 Å². The molecule has 0 unspecified atom stereocenters. The summed E-state index contributed by atoms with van der Waals surface area (Å²) < 4.78 is 11.7. The summed E-state index contributed by atoms with van der Waals surface area (Å²) in [6.45, 7) is 0.556. The zero-order valence-electron chi connectivity index (χ0n) is 20.0. The first kappa shape index (κ1) is 27.1. The van der Waals surface area contributed by atoms with Gasteiger partial charge in [-0.2, -0.15) is 5.26 Å². The average molecular weight is 564 g/mol. The molecule has 0 fully saturated rings. The number of para-hydroxylation sites is 1. The Kier molecular flexibility index (Phi) is 9.29. The molecule has 0 aliphatic rings. The van der Waals surface area contributed by atoms with Crippen molar-refractivity contribution in [1.82, 2.24) is 0 Å². The van der Waals surface area contributed by atoms with Crippen molar-refractivity contribution in [2.24, 2.45) is 0 Å². The van der Waals surface area contributed by atoms with E-state index in [0.29, 0.717) is 37.8 Å². The van der Waals surface area contributed by atoms with Crippen LogP contribution in [0.15, 0.2) is 96.6 Å². The highest BCUT2D eigenvalue weighted by atomic mass is 35.5. The van der Waals surface area contributed by atoms with E-state index in [2.05, 4.69) is 5.32 Å². The Labute approximate surface area is 235 Å². The summed E-state index contributed by atoms with van der Waals surface area (Å²) in [5.41, 5.74) is 2.75. The summed E-state index contributed by atoms with van der Waals surface area (Å²) in [5.74, 6) is 0.588. The molecule has 1 amide bonds. The quantitative estimate of drug-likeness (QED) is 0.164. The van der Waals surface area contributed by atoms with Gasteiger partial charge >= 0.3 is 0 Å². The molecule has 0 aliphatic carbocycles. The third-order valence-electron chi connectivity index (χ3n) is 5.39. The molecule has 5 nitrogen and oxygen atoms in total. The minimum absolute atomic E-state index is 0.0680. The molecule has 0 spiro atoms. The predicted octanol–water partition coefficient (Wildman–Crippen LogP) is 8.35. The van der Waals surface area contributed by atoms with E-state index < -0.39 is 5.91 Å². The summed E-state index contributed by atoms with van der Waals surface area (Å²) >= 11 is 18.2. The Balaban J connectivity index is 1.39. The van der Waals surface area contributed by atoms with Crippen LogP contribution in [0.4, 0.5) is 5.69 Å². The molecule has 0 aliphatic heterocycles. The smallest absolute Gasteiger partial charge is 0.266 e. The highest BCUT2D eigenvalue weighted by molar-refractivity contribution is 6.35. The lowest BCUT2D eigenvalue weighted by molar-refractivity contribution is -0.112. The number of anilines is 1. The molecule has 4 aromatic carbocycles. The number of nitrogens with zero attached hydrogens (tertiary/aromatic N) is 1. The fourth-order valence-corrected chi connectivity index (χ4v) is 4.13. The topological polar surface area (TPSA) is 71.3 Å². The minimum atomic E-state index is -0.543. The maximum absolute atomic E-state index is 12.8. The predicted molar refractivity (Wildman–Crippen MR) is 152 cm³/mol. The van der Waals surface area contributed by atoms with Gasteiger partial charge in [-0.3, -0.25) is 4.79 Å². The van der Waals surface area contributed by atoms with E-state index >= 15 is 0 Å². The third kappa shape index (κ3) is 7.53. The van der Waals surface area contributed by atoms with Gasteiger partial charge in [0.2, 0.25) is 0 Å². The first-order chi connectivity index (χ1) is 18.4. The molecule has 0 saturated carbocycles. The molecule has 4 aromatic rings. The van der Waals surface area contributed by atoms with Crippen LogP contribution in [-0.2, 0) is 18.0 Å². The van der Waals surface area contributed by atoms with E-state index in [0.717, 1.165) is 11.1 Å². The third-order valence-corrected chi connectivity index (χ3v) is 6.21. The van der Waals surface area contributed by atoms with Gasteiger partial charge in [0.1, 0.15) is 36.4 Å². The van der Waals surface area contributed by atoms with Crippen LogP contribution < -0.4 is 14.8 Å². The van der Waals surface area contributed by atoms with Crippen molar-refractivity contribution in [2.75, 3.05) is 5.32 Å². The van der Waals surface area contributed by atoms with Crippen LogP contribution in [0.2, 0.25) is 15.1 Å². The number of ether oxygens (including phenoxy) is 2. The van der Waals surface area contributed by atoms with Gasteiger partial charge in [-0.05, 0) is 66.2 Å². The molecule has 0 aromatic heterocycles. The van der Waals surface area contributed by atoms with Crippen molar-refractivity contribution in [2.45, 2.75) is 13.2 Å². The molecular formula is C30H21Cl3N2O3. The Bertz CT molecular complexity index is 1510. The summed E-state index contributed by atoms with van der Waals surface area (Å²) in [4.78, 5) is 12.8. The molecule has 0 radical (unpaired) electrons. The van der Waals surface area contributed by atoms with E-state index in [1.54, 1.807) is 66.7 Å². The van der Waals surface area contributed by atoms with Crippen LogP contribution in [0, 0.1) is 11.3 Å². The molecular weight excluding hydrogens is 543 g/mol. The lowest BCUT2D eigenvalue weighted by atomic mass is 10.1. The zero-order valence-corrected chi connectivity index (χ0v) is 22.2. The van der Waals surface area contributed by atoms with Gasteiger partial charge in [0, 0.05) is 31.9 Å². The van der Waals surface area contributed by atoms with Gasteiger partial charge in [-0.15, -0.1) is 0 Å². The first-order valence-electron chi connectivity index (χ1n) is 11.5. The number of hydrogen-bond donors (Lipinski definition) is 1. The maximum Gasteiger partial charge on any atom is 0.266 e. The van der Waals surface area contributed by atoms with Crippen LogP contribution in [0.5, 0.6) is 11.5 Å². The number of carbonyl (C=O) groups excluding carboxylic acids is 1. The molecule has 190 valence electrons. The van der Waals surface area contributed by atoms with Crippen molar-refractivity contribution in [3.63, 3.8) is 0 Å². The Hall–Kier alpha value is -3.95. The monoisotopic (exact) mass is 562 g/mol. The van der Waals surface area contributed by atoms with Gasteiger partial charge in [-0.1, -0.05) is 71.2 Å². The second kappa shape index (κ2) is 13.0. The molecule has 0 bridgehead atoms. The fraction of sp³-hybridized carbons (Fsp3) is 0.0667. The summed E-state index contributed by atoms with van der Waals surface area (Å²) in [6, 6.07) is 28.5. The van der Waals surface area contributed by atoms with Gasteiger partial charge in [-0.25, -0.2) is 0 Å². The van der Waals surface area contributed by atoms with Crippen molar-refractivity contribution in [3.8, 4) is 17.6 Å².